The van der Waals surface area contributed by atoms with Crippen LogP contribution in [0.15, 0.2) is 10.8 Å². The van der Waals surface area contributed by atoms with Crippen LogP contribution >= 0.6 is 0 Å². The van der Waals surface area contributed by atoms with Crippen LogP contribution in [-0.2, 0) is 9.47 Å². The summed E-state index contributed by atoms with van der Waals surface area (Å²) in [4.78, 5) is 19.2. The molecule has 23 heavy (non-hydrogen) atoms. The molecule has 1 atom stereocenters. The molecule has 0 radical (unpaired) electrons. The summed E-state index contributed by atoms with van der Waals surface area (Å²) < 4.78 is 17.4. The predicted molar refractivity (Wildman–Crippen MR) is 82.3 cm³/mol. The number of ether oxygens (including phenoxy) is 2. The van der Waals surface area contributed by atoms with E-state index in [-0.39, 0.29) is 5.91 Å². The van der Waals surface area contributed by atoms with Crippen molar-refractivity contribution in [3.05, 3.63) is 17.8 Å². The van der Waals surface area contributed by atoms with E-state index in [4.69, 9.17) is 13.9 Å². The number of amides is 1. The number of aromatic nitrogens is 1. The Labute approximate surface area is 136 Å². The van der Waals surface area contributed by atoms with E-state index in [0.29, 0.717) is 31.4 Å². The topological polar surface area (TPSA) is 64.8 Å². The maximum absolute atomic E-state index is 13.0. The number of rotatable bonds is 2. The van der Waals surface area contributed by atoms with E-state index in [1.165, 1.54) is 6.39 Å². The van der Waals surface area contributed by atoms with Crippen molar-refractivity contribution in [2.75, 3.05) is 26.3 Å². The lowest BCUT2D eigenvalue weighted by atomic mass is 9.90. The van der Waals surface area contributed by atoms with Crippen molar-refractivity contribution in [1.29, 1.82) is 0 Å². The predicted octanol–water partition coefficient (Wildman–Crippen LogP) is 2.35. The summed E-state index contributed by atoms with van der Waals surface area (Å²) in [5.74, 6) is 0.747. The molecule has 3 heterocycles. The minimum absolute atomic E-state index is 0.0641. The molecule has 2 aliphatic heterocycles. The van der Waals surface area contributed by atoms with Gasteiger partial charge in [0.2, 0.25) is 5.76 Å². The zero-order chi connectivity index (χ0) is 16.1. The molecule has 6 nitrogen and oxygen atoms in total. The second kappa shape index (κ2) is 5.31. The third-order valence-corrected chi connectivity index (χ3v) is 4.87. The second-order valence-electron chi connectivity index (χ2n) is 7.70. The lowest BCUT2D eigenvalue weighted by Gasteiger charge is -2.51. The van der Waals surface area contributed by atoms with E-state index in [1.807, 2.05) is 18.7 Å². The monoisotopic (exact) mass is 320 g/mol. The highest BCUT2D eigenvalue weighted by Gasteiger charge is 2.48. The molecule has 1 saturated carbocycles. The van der Waals surface area contributed by atoms with Gasteiger partial charge in [-0.2, -0.15) is 0 Å². The largest absolute Gasteiger partial charge is 0.438 e. The van der Waals surface area contributed by atoms with Crippen LogP contribution in [0.25, 0.3) is 0 Å². The summed E-state index contributed by atoms with van der Waals surface area (Å²) in [7, 11) is 0. The smallest absolute Gasteiger partial charge is 0.291 e. The van der Waals surface area contributed by atoms with Gasteiger partial charge in [0.1, 0.15) is 5.60 Å². The Bertz CT molecular complexity index is 599. The van der Waals surface area contributed by atoms with Crippen molar-refractivity contribution in [1.82, 2.24) is 9.88 Å². The number of morpholine rings is 1. The number of nitrogens with zero attached hydrogens (tertiary/aromatic N) is 2. The van der Waals surface area contributed by atoms with Gasteiger partial charge in [-0.1, -0.05) is 0 Å². The molecular formula is C17H24N2O4. The molecule has 3 fully saturated rings. The fourth-order valence-electron chi connectivity index (χ4n) is 3.90. The van der Waals surface area contributed by atoms with E-state index >= 15 is 0 Å². The summed E-state index contributed by atoms with van der Waals surface area (Å²) in [6, 6.07) is 0. The fraction of sp³-hybridized carbons (Fsp3) is 0.765. The molecule has 1 aromatic heterocycles. The van der Waals surface area contributed by atoms with Crippen LogP contribution in [-0.4, -0.2) is 53.3 Å². The molecule has 1 amide bonds. The molecule has 2 saturated heterocycles. The Morgan fingerprint density at radius 2 is 2.17 bits per heavy atom. The fourth-order valence-corrected chi connectivity index (χ4v) is 3.90. The average Bonchev–Trinajstić information content (AvgIpc) is 3.22. The van der Waals surface area contributed by atoms with Crippen molar-refractivity contribution < 1.29 is 18.7 Å². The number of hydrogen-bond donors (Lipinski definition) is 0. The first kappa shape index (κ1) is 15.1. The van der Waals surface area contributed by atoms with Crippen molar-refractivity contribution in [3.8, 4) is 0 Å². The van der Waals surface area contributed by atoms with Gasteiger partial charge in [0.15, 0.2) is 6.39 Å². The van der Waals surface area contributed by atoms with E-state index < -0.39 is 11.2 Å². The molecule has 4 rings (SSSR count). The molecule has 0 bridgehead atoms. The summed E-state index contributed by atoms with van der Waals surface area (Å²) in [6.07, 6.45) is 5.48. The standard InChI is InChI=1S/C17H24N2O4/c1-16(2)8-19(9-17(23-16)6-3-7-21-10-17)15(20)14-13(12-4-5-12)18-11-22-14/h11-12H,3-10H2,1-2H3. The molecule has 1 aliphatic carbocycles. The number of carbonyl (C=O) groups is 1. The van der Waals surface area contributed by atoms with Crippen LogP contribution in [0.5, 0.6) is 0 Å². The van der Waals surface area contributed by atoms with Crippen molar-refractivity contribution >= 4 is 5.91 Å². The summed E-state index contributed by atoms with van der Waals surface area (Å²) in [6.45, 7) is 6.49. The number of hydrogen-bond acceptors (Lipinski definition) is 5. The SMILES string of the molecule is CC1(C)CN(C(=O)c2ocnc2C2CC2)CC2(CCCOC2)O1. The van der Waals surface area contributed by atoms with Crippen LogP contribution in [0.3, 0.4) is 0 Å². The molecule has 3 aliphatic rings. The molecular weight excluding hydrogens is 296 g/mol. The van der Waals surface area contributed by atoms with Crippen molar-refractivity contribution in [2.24, 2.45) is 0 Å². The number of carbonyl (C=O) groups excluding carboxylic acids is 1. The Morgan fingerprint density at radius 1 is 1.35 bits per heavy atom. The van der Waals surface area contributed by atoms with Gasteiger partial charge in [-0.15, -0.1) is 0 Å². The van der Waals surface area contributed by atoms with Crippen LogP contribution in [0.1, 0.15) is 61.7 Å². The van der Waals surface area contributed by atoms with Crippen LogP contribution in [0.4, 0.5) is 0 Å². The highest BCUT2D eigenvalue weighted by atomic mass is 16.6. The van der Waals surface area contributed by atoms with Crippen LogP contribution in [0, 0.1) is 0 Å². The normalized spacial score (nSPS) is 30.6. The lowest BCUT2D eigenvalue weighted by Crippen LogP contribution is -2.63. The van der Waals surface area contributed by atoms with Crippen molar-refractivity contribution in [3.63, 3.8) is 0 Å². The molecule has 1 aromatic rings. The van der Waals surface area contributed by atoms with Gasteiger partial charge < -0.3 is 18.8 Å². The first-order valence-electron chi connectivity index (χ1n) is 8.49. The number of oxazole rings is 1. The highest BCUT2D eigenvalue weighted by Crippen LogP contribution is 2.42. The molecule has 6 heteroatoms. The Balaban J connectivity index is 1.59. The summed E-state index contributed by atoms with van der Waals surface area (Å²) in [5.41, 5.74) is 0.0392. The zero-order valence-electron chi connectivity index (χ0n) is 13.8. The van der Waals surface area contributed by atoms with Crippen LogP contribution < -0.4 is 0 Å². The third kappa shape index (κ3) is 2.90. The summed E-state index contributed by atoms with van der Waals surface area (Å²) in [5, 5.41) is 0. The van der Waals surface area contributed by atoms with E-state index in [9.17, 15) is 4.79 Å². The quantitative estimate of drug-likeness (QED) is 0.837. The Morgan fingerprint density at radius 3 is 2.87 bits per heavy atom. The van der Waals surface area contributed by atoms with E-state index in [2.05, 4.69) is 4.98 Å². The van der Waals surface area contributed by atoms with Gasteiger partial charge in [-0.25, -0.2) is 4.98 Å². The van der Waals surface area contributed by atoms with E-state index in [0.717, 1.165) is 38.0 Å². The second-order valence-corrected chi connectivity index (χ2v) is 7.70. The first-order chi connectivity index (χ1) is 11.0. The lowest BCUT2D eigenvalue weighted by molar-refractivity contribution is -0.225. The molecule has 1 spiro atoms. The van der Waals surface area contributed by atoms with Gasteiger partial charge in [-0.05, 0) is 39.5 Å². The minimum Gasteiger partial charge on any atom is -0.438 e. The molecule has 126 valence electrons. The van der Waals surface area contributed by atoms with Gasteiger partial charge in [0.25, 0.3) is 5.91 Å². The maximum Gasteiger partial charge on any atom is 0.291 e. The Hall–Kier alpha value is -1.40. The zero-order valence-corrected chi connectivity index (χ0v) is 13.8. The average molecular weight is 320 g/mol. The first-order valence-corrected chi connectivity index (χ1v) is 8.49. The molecule has 1 unspecified atom stereocenters. The summed E-state index contributed by atoms with van der Waals surface area (Å²) >= 11 is 0. The highest BCUT2D eigenvalue weighted by molar-refractivity contribution is 5.93. The molecule has 0 aromatic carbocycles. The minimum atomic E-state index is -0.394. The van der Waals surface area contributed by atoms with Gasteiger partial charge >= 0.3 is 0 Å². The van der Waals surface area contributed by atoms with Crippen LogP contribution in [0.2, 0.25) is 0 Å². The van der Waals surface area contributed by atoms with Gasteiger partial charge in [0.05, 0.1) is 24.4 Å². The Kier molecular flexibility index (Phi) is 3.50. The van der Waals surface area contributed by atoms with Gasteiger partial charge in [0, 0.05) is 19.1 Å². The van der Waals surface area contributed by atoms with Gasteiger partial charge in [-0.3, -0.25) is 4.79 Å². The maximum atomic E-state index is 13.0. The van der Waals surface area contributed by atoms with E-state index in [1.54, 1.807) is 0 Å². The molecule has 0 N–H and O–H groups in total. The van der Waals surface area contributed by atoms with Crippen molar-refractivity contribution in [2.45, 2.75) is 56.7 Å². The third-order valence-electron chi connectivity index (χ3n) is 4.87.